The lowest BCUT2D eigenvalue weighted by molar-refractivity contribution is 0.513. The molecule has 13 heavy (non-hydrogen) atoms. The van der Waals surface area contributed by atoms with Crippen molar-refractivity contribution in [2.45, 2.75) is 41.7 Å². The Morgan fingerprint density at radius 1 is 1.31 bits per heavy atom. The summed E-state index contributed by atoms with van der Waals surface area (Å²) in [7, 11) is 0. The number of piperidine rings is 1. The summed E-state index contributed by atoms with van der Waals surface area (Å²) >= 11 is 0.283. The van der Waals surface area contributed by atoms with Gasteiger partial charge in [0, 0.05) is 0 Å². The van der Waals surface area contributed by atoms with Gasteiger partial charge < -0.3 is 5.32 Å². The summed E-state index contributed by atoms with van der Waals surface area (Å²) < 4.78 is 2.76. The lowest BCUT2D eigenvalue weighted by atomic mass is 10.1. The van der Waals surface area contributed by atoms with Gasteiger partial charge in [-0.1, -0.05) is 33.1 Å². The lowest BCUT2D eigenvalue weighted by Crippen LogP contribution is -2.27. The Hall–Kier alpha value is 1.02. The van der Waals surface area contributed by atoms with Gasteiger partial charge >= 0.3 is 20.4 Å². The van der Waals surface area contributed by atoms with Crippen molar-refractivity contribution in [1.29, 1.82) is 0 Å². The summed E-state index contributed by atoms with van der Waals surface area (Å²) in [6, 6.07) is 0. The number of hydrogen-bond acceptors (Lipinski definition) is 1. The van der Waals surface area contributed by atoms with E-state index in [1.807, 2.05) is 0 Å². The van der Waals surface area contributed by atoms with Crippen LogP contribution in [0.4, 0.5) is 0 Å². The van der Waals surface area contributed by atoms with Crippen LogP contribution in [0.5, 0.6) is 0 Å². The van der Waals surface area contributed by atoms with E-state index in [2.05, 4.69) is 19.2 Å². The van der Waals surface area contributed by atoms with Gasteiger partial charge in [-0.3, -0.25) is 0 Å². The van der Waals surface area contributed by atoms with E-state index in [0.717, 1.165) is 5.92 Å². The van der Waals surface area contributed by atoms with E-state index in [0.29, 0.717) is 0 Å². The van der Waals surface area contributed by atoms with Gasteiger partial charge in [-0.25, -0.2) is 0 Å². The van der Waals surface area contributed by atoms with Crippen LogP contribution < -0.4 is 5.32 Å². The van der Waals surface area contributed by atoms with Gasteiger partial charge in [-0.2, -0.15) is 0 Å². The molecule has 1 rings (SSSR count). The fraction of sp³-hybridized carbons (Fsp3) is 1.00. The smallest absolute Gasteiger partial charge is 0.317 e. The van der Waals surface area contributed by atoms with Gasteiger partial charge in [0.05, 0.1) is 0 Å². The highest BCUT2D eigenvalue weighted by Crippen LogP contribution is 2.19. The van der Waals surface area contributed by atoms with Crippen molar-refractivity contribution >= 4 is 32.8 Å². The first-order valence-corrected chi connectivity index (χ1v) is 7.31. The zero-order valence-corrected chi connectivity index (χ0v) is 11.2. The summed E-state index contributed by atoms with van der Waals surface area (Å²) in [4.78, 5) is 0. The van der Waals surface area contributed by atoms with Crippen LogP contribution in [0.2, 0.25) is 8.60 Å². The average molecular weight is 216 g/mol. The van der Waals surface area contributed by atoms with Crippen LogP contribution in [-0.2, 0) is 0 Å². The number of halogens is 1. The van der Waals surface area contributed by atoms with Gasteiger partial charge in [-0.05, 0) is 19.0 Å². The first-order chi connectivity index (χ1) is 5.79. The Balaban J connectivity index is 0.00000144. The molecule has 1 heterocycles. The standard InChI is InChI=1S/C5H10N.C5H11.ClH.Mg/c1-2-4-6-5-3-1;1-4-5(2)3;;/h1,6H,2-5H2;5H,1,4H2,2-3H3;1H;. The van der Waals surface area contributed by atoms with Crippen molar-refractivity contribution in [3.8, 4) is 0 Å². The summed E-state index contributed by atoms with van der Waals surface area (Å²) in [5.74, 6) is 0.930. The van der Waals surface area contributed by atoms with Gasteiger partial charge in [-0.15, -0.1) is 21.0 Å². The molecule has 0 radical (unpaired) electrons. The summed E-state index contributed by atoms with van der Waals surface area (Å²) in [5, 5.41) is 3.44. The Labute approximate surface area is 98.6 Å². The number of rotatable bonds is 4. The molecule has 0 aromatic rings. The minimum absolute atomic E-state index is 0. The minimum Gasteiger partial charge on any atom is -0.317 e. The maximum absolute atomic E-state index is 3.44. The summed E-state index contributed by atoms with van der Waals surface area (Å²) in [5.41, 5.74) is 0. The van der Waals surface area contributed by atoms with E-state index in [4.69, 9.17) is 0 Å². The van der Waals surface area contributed by atoms with Crippen LogP contribution in [0.3, 0.4) is 0 Å². The fourth-order valence-corrected chi connectivity index (χ4v) is 4.60. The molecule has 0 bridgehead atoms. The van der Waals surface area contributed by atoms with E-state index >= 15 is 0 Å². The Bertz CT molecular complexity index is 113. The first-order valence-electron chi connectivity index (χ1n) is 5.49. The van der Waals surface area contributed by atoms with E-state index in [9.17, 15) is 0 Å². The quantitative estimate of drug-likeness (QED) is 0.712. The molecule has 0 aromatic heterocycles. The molecule has 1 fully saturated rings. The maximum Gasteiger partial charge on any atom is 0.368 e. The number of nitrogens with one attached hydrogen (secondary N) is 1. The van der Waals surface area contributed by atoms with Crippen molar-refractivity contribution in [1.82, 2.24) is 5.32 Å². The molecule has 1 nitrogen and oxygen atoms in total. The van der Waals surface area contributed by atoms with Crippen LogP contribution in [0.15, 0.2) is 0 Å². The molecular weight excluding hydrogens is 194 g/mol. The van der Waals surface area contributed by atoms with E-state index in [-0.39, 0.29) is 32.8 Å². The molecule has 0 unspecified atom stereocenters. The van der Waals surface area contributed by atoms with E-state index in [1.165, 1.54) is 36.4 Å². The Morgan fingerprint density at radius 3 is 2.46 bits per heavy atom. The normalized spacial score (nSPS) is 18.1. The molecule has 1 aliphatic heterocycles. The second-order valence-electron chi connectivity index (χ2n) is 4.52. The molecule has 76 valence electrons. The third-order valence-corrected chi connectivity index (χ3v) is 5.30. The maximum atomic E-state index is 3.44. The van der Waals surface area contributed by atoms with Crippen molar-refractivity contribution in [3.05, 3.63) is 0 Å². The third-order valence-electron chi connectivity index (χ3n) is 2.85. The molecule has 0 aliphatic carbocycles. The lowest BCUT2D eigenvalue weighted by Gasteiger charge is -2.22. The molecule has 1 saturated heterocycles. The zero-order valence-electron chi connectivity index (χ0n) is 9.01. The average Bonchev–Trinajstić information content (AvgIpc) is 2.05. The van der Waals surface area contributed by atoms with Gasteiger partial charge in [0.1, 0.15) is 0 Å². The Kier molecular flexibility index (Phi) is 8.99. The highest BCUT2D eigenvalue weighted by molar-refractivity contribution is 6.37. The summed E-state index contributed by atoms with van der Waals surface area (Å²) in [6.45, 7) is 7.27. The van der Waals surface area contributed by atoms with E-state index < -0.39 is 0 Å². The predicted octanol–water partition coefficient (Wildman–Crippen LogP) is 2.75. The fourth-order valence-electron chi connectivity index (χ4n) is 1.99. The molecular formula is C10H22ClMgN. The highest BCUT2D eigenvalue weighted by atomic mass is 35.5. The van der Waals surface area contributed by atoms with Gasteiger partial charge in [0.2, 0.25) is 0 Å². The number of hydrogen-bond donors (Lipinski definition) is 1. The van der Waals surface area contributed by atoms with Crippen LogP contribution in [-0.4, -0.2) is 33.5 Å². The SMILES string of the molecule is CC(C)C[CH2][Mg][CH]1CCNCC1.Cl. The van der Waals surface area contributed by atoms with Gasteiger partial charge in [0.15, 0.2) is 0 Å². The predicted molar refractivity (Wildman–Crippen MR) is 63.1 cm³/mol. The van der Waals surface area contributed by atoms with Gasteiger partial charge in [0.25, 0.3) is 0 Å². The van der Waals surface area contributed by atoms with E-state index in [1.54, 1.807) is 4.55 Å². The molecule has 0 atom stereocenters. The topological polar surface area (TPSA) is 12.0 Å². The Morgan fingerprint density at radius 2 is 1.92 bits per heavy atom. The van der Waals surface area contributed by atoms with Crippen LogP contribution in [0, 0.1) is 5.92 Å². The largest absolute Gasteiger partial charge is 0.368 e. The third kappa shape index (κ3) is 7.01. The highest BCUT2D eigenvalue weighted by Gasteiger charge is 2.14. The second-order valence-corrected chi connectivity index (χ2v) is 6.96. The first kappa shape index (κ1) is 14.0. The minimum atomic E-state index is 0. The van der Waals surface area contributed by atoms with Crippen molar-refractivity contribution in [3.63, 3.8) is 0 Å². The molecule has 1 N–H and O–H groups in total. The second kappa shape index (κ2) is 8.33. The zero-order chi connectivity index (χ0) is 8.81. The van der Waals surface area contributed by atoms with Crippen molar-refractivity contribution in [2.24, 2.45) is 5.92 Å². The molecule has 3 heteroatoms. The monoisotopic (exact) mass is 215 g/mol. The van der Waals surface area contributed by atoms with Crippen molar-refractivity contribution in [2.75, 3.05) is 13.1 Å². The van der Waals surface area contributed by atoms with Crippen LogP contribution in [0.1, 0.15) is 33.1 Å². The molecule has 1 aliphatic rings. The van der Waals surface area contributed by atoms with Crippen molar-refractivity contribution < 1.29 is 0 Å². The molecule has 0 aromatic carbocycles. The molecule has 0 amide bonds. The molecule has 0 saturated carbocycles. The molecule has 0 spiro atoms. The van der Waals surface area contributed by atoms with Crippen LogP contribution in [0.25, 0.3) is 0 Å². The summed E-state index contributed by atoms with van der Waals surface area (Å²) in [6.07, 6.45) is 4.44. The van der Waals surface area contributed by atoms with Crippen LogP contribution >= 0.6 is 12.4 Å².